The highest BCUT2D eigenvalue weighted by molar-refractivity contribution is 6.01. The van der Waals surface area contributed by atoms with E-state index in [1.807, 2.05) is 91.9 Å². The Hall–Kier alpha value is -5.24. The summed E-state index contributed by atoms with van der Waals surface area (Å²) < 4.78 is 3.02. The Kier molecular flexibility index (Phi) is 7.92. The molecule has 41 heavy (non-hydrogen) atoms. The predicted octanol–water partition coefficient (Wildman–Crippen LogP) is 4.66. The van der Waals surface area contributed by atoms with Gasteiger partial charge in [-0.1, -0.05) is 72.8 Å². The van der Waals surface area contributed by atoms with Crippen molar-refractivity contribution in [2.45, 2.75) is 18.9 Å². The van der Waals surface area contributed by atoms with Crippen LogP contribution in [0, 0.1) is 6.92 Å². The normalized spacial score (nSPS) is 11.7. The Labute approximate surface area is 238 Å². The lowest BCUT2D eigenvalue weighted by Gasteiger charge is -2.28. The van der Waals surface area contributed by atoms with E-state index in [1.165, 1.54) is 4.68 Å². The molecule has 0 fully saturated rings. The Morgan fingerprint density at radius 1 is 0.829 bits per heavy atom. The van der Waals surface area contributed by atoms with E-state index in [0.29, 0.717) is 11.4 Å². The molecule has 0 bridgehead atoms. The molecule has 2 amide bonds. The Bertz CT molecular complexity index is 1690. The lowest BCUT2D eigenvalue weighted by atomic mass is 9.84. The minimum Gasteiger partial charge on any atom is -0.338 e. The van der Waals surface area contributed by atoms with Crippen LogP contribution >= 0.6 is 0 Å². The summed E-state index contributed by atoms with van der Waals surface area (Å²) in [6, 6.07) is 29.1. The standard InChI is InChI=1S/C33H31N5O3/c1-22-20-29(39)37(2)21-27(22)23-14-16-26(17-15-23)35-33(41)31(36-32(40)28-18-19-34-38(28)3)30(24-10-6-4-7-11-24)25-12-8-5-9-13-25/h4-21,30-31H,1-3H3,(H,35,41)(H,36,40)/t31-/m0/s1. The number of aromatic nitrogens is 3. The van der Waals surface area contributed by atoms with Crippen molar-refractivity contribution in [2.75, 3.05) is 5.32 Å². The molecule has 3 aromatic carbocycles. The third-order valence-electron chi connectivity index (χ3n) is 7.17. The first-order valence-corrected chi connectivity index (χ1v) is 13.3. The smallest absolute Gasteiger partial charge is 0.270 e. The molecular weight excluding hydrogens is 514 g/mol. The van der Waals surface area contributed by atoms with Gasteiger partial charge in [-0.25, -0.2) is 0 Å². The predicted molar refractivity (Wildman–Crippen MR) is 160 cm³/mol. The van der Waals surface area contributed by atoms with Gasteiger partial charge in [0.2, 0.25) is 5.91 Å². The Balaban J connectivity index is 1.49. The van der Waals surface area contributed by atoms with Gasteiger partial charge in [0.25, 0.3) is 11.5 Å². The zero-order valence-electron chi connectivity index (χ0n) is 23.1. The van der Waals surface area contributed by atoms with Gasteiger partial charge in [0, 0.05) is 49.7 Å². The van der Waals surface area contributed by atoms with Crippen LogP contribution in [0.3, 0.4) is 0 Å². The largest absolute Gasteiger partial charge is 0.338 e. The number of nitrogens with one attached hydrogen (secondary N) is 2. The highest BCUT2D eigenvalue weighted by Crippen LogP contribution is 2.30. The van der Waals surface area contributed by atoms with Gasteiger partial charge in [-0.3, -0.25) is 19.1 Å². The first-order chi connectivity index (χ1) is 19.8. The van der Waals surface area contributed by atoms with Crippen LogP contribution in [0.2, 0.25) is 0 Å². The van der Waals surface area contributed by atoms with Gasteiger partial charge in [-0.15, -0.1) is 0 Å². The molecule has 1 atom stereocenters. The third kappa shape index (κ3) is 6.01. The van der Waals surface area contributed by atoms with Crippen molar-refractivity contribution < 1.29 is 9.59 Å². The summed E-state index contributed by atoms with van der Waals surface area (Å²) in [5.41, 5.74) is 5.37. The second kappa shape index (κ2) is 11.9. The maximum atomic E-state index is 14.0. The van der Waals surface area contributed by atoms with E-state index in [9.17, 15) is 14.4 Å². The van der Waals surface area contributed by atoms with Gasteiger partial charge < -0.3 is 15.2 Å². The number of aryl methyl sites for hydroxylation is 3. The molecule has 2 aromatic heterocycles. The van der Waals surface area contributed by atoms with Crippen molar-refractivity contribution in [2.24, 2.45) is 14.1 Å². The summed E-state index contributed by atoms with van der Waals surface area (Å²) in [5.74, 6) is -1.21. The molecular formula is C33H31N5O3. The number of anilines is 1. The van der Waals surface area contributed by atoms with Crippen LogP contribution in [0.25, 0.3) is 11.1 Å². The number of amides is 2. The number of rotatable bonds is 8. The number of carbonyl (C=O) groups is 2. The van der Waals surface area contributed by atoms with E-state index in [-0.39, 0.29) is 11.5 Å². The first-order valence-electron chi connectivity index (χ1n) is 13.3. The number of pyridine rings is 1. The van der Waals surface area contributed by atoms with E-state index < -0.39 is 17.9 Å². The Morgan fingerprint density at radius 3 is 2.00 bits per heavy atom. The summed E-state index contributed by atoms with van der Waals surface area (Å²) in [6.07, 6.45) is 3.35. The van der Waals surface area contributed by atoms with Crippen LogP contribution in [0.1, 0.15) is 33.1 Å². The highest BCUT2D eigenvalue weighted by Gasteiger charge is 2.33. The highest BCUT2D eigenvalue weighted by atomic mass is 16.2. The molecule has 0 saturated carbocycles. The molecule has 0 saturated heterocycles. The maximum absolute atomic E-state index is 14.0. The fourth-order valence-electron chi connectivity index (χ4n) is 4.99. The SMILES string of the molecule is Cc1cc(=O)n(C)cc1-c1ccc(NC(=O)[C@@H](NC(=O)c2ccnn2C)C(c2ccccc2)c2ccccc2)cc1. The van der Waals surface area contributed by atoms with Crippen LogP contribution in [-0.2, 0) is 18.9 Å². The quantitative estimate of drug-likeness (QED) is 0.296. The fourth-order valence-corrected chi connectivity index (χ4v) is 4.99. The van der Waals surface area contributed by atoms with Gasteiger partial charge in [0.05, 0.1) is 0 Å². The van der Waals surface area contributed by atoms with E-state index in [2.05, 4.69) is 15.7 Å². The average Bonchev–Trinajstić information content (AvgIpc) is 3.42. The van der Waals surface area contributed by atoms with Gasteiger partial charge in [0.15, 0.2) is 0 Å². The van der Waals surface area contributed by atoms with Crippen LogP contribution in [0.4, 0.5) is 5.69 Å². The molecule has 0 aliphatic carbocycles. The number of nitrogens with zero attached hydrogens (tertiary/aromatic N) is 3. The topological polar surface area (TPSA) is 98.0 Å². The monoisotopic (exact) mass is 545 g/mol. The molecule has 8 heteroatoms. The molecule has 5 rings (SSSR count). The second-order valence-corrected chi connectivity index (χ2v) is 9.98. The van der Waals surface area contributed by atoms with Gasteiger partial charge in [-0.05, 0) is 47.4 Å². The van der Waals surface area contributed by atoms with Crippen molar-refractivity contribution in [3.05, 3.63) is 142 Å². The summed E-state index contributed by atoms with van der Waals surface area (Å²) in [6.45, 7) is 1.90. The number of benzene rings is 3. The van der Waals surface area contributed by atoms with E-state index in [4.69, 9.17) is 0 Å². The van der Waals surface area contributed by atoms with Gasteiger partial charge in [-0.2, -0.15) is 5.10 Å². The summed E-state index contributed by atoms with van der Waals surface area (Å²) >= 11 is 0. The molecule has 8 nitrogen and oxygen atoms in total. The van der Waals surface area contributed by atoms with Crippen molar-refractivity contribution in [1.29, 1.82) is 0 Å². The lowest BCUT2D eigenvalue weighted by Crippen LogP contribution is -2.48. The van der Waals surface area contributed by atoms with Crippen molar-refractivity contribution in [3.63, 3.8) is 0 Å². The summed E-state index contributed by atoms with van der Waals surface area (Å²) in [5, 5.41) is 10.1. The summed E-state index contributed by atoms with van der Waals surface area (Å²) in [7, 11) is 3.40. The van der Waals surface area contributed by atoms with Crippen molar-refractivity contribution in [1.82, 2.24) is 19.7 Å². The van der Waals surface area contributed by atoms with E-state index >= 15 is 0 Å². The zero-order valence-corrected chi connectivity index (χ0v) is 23.1. The maximum Gasteiger partial charge on any atom is 0.270 e. The molecule has 0 unspecified atom stereocenters. The van der Waals surface area contributed by atoms with Crippen molar-refractivity contribution in [3.8, 4) is 11.1 Å². The van der Waals surface area contributed by atoms with E-state index in [0.717, 1.165) is 27.8 Å². The number of hydrogen-bond donors (Lipinski definition) is 2. The molecule has 0 aliphatic rings. The number of carbonyl (C=O) groups excluding carboxylic acids is 2. The molecule has 0 spiro atoms. The molecule has 2 N–H and O–H groups in total. The first kappa shape index (κ1) is 27.3. The minimum atomic E-state index is -0.937. The zero-order chi connectivity index (χ0) is 28.9. The lowest BCUT2D eigenvalue weighted by molar-refractivity contribution is -0.118. The van der Waals surface area contributed by atoms with Gasteiger partial charge in [0.1, 0.15) is 11.7 Å². The van der Waals surface area contributed by atoms with Crippen LogP contribution in [-0.4, -0.2) is 32.2 Å². The minimum absolute atomic E-state index is 0.0688. The number of hydrogen-bond acceptors (Lipinski definition) is 4. The third-order valence-corrected chi connectivity index (χ3v) is 7.17. The van der Waals surface area contributed by atoms with Crippen LogP contribution < -0.4 is 16.2 Å². The fraction of sp³-hybridized carbons (Fsp3) is 0.152. The van der Waals surface area contributed by atoms with E-state index in [1.54, 1.807) is 43.2 Å². The molecule has 0 radical (unpaired) electrons. The molecule has 5 aromatic rings. The second-order valence-electron chi connectivity index (χ2n) is 9.98. The summed E-state index contributed by atoms with van der Waals surface area (Å²) in [4.78, 5) is 39.3. The molecule has 0 aliphatic heterocycles. The average molecular weight is 546 g/mol. The van der Waals surface area contributed by atoms with Crippen LogP contribution in [0.5, 0.6) is 0 Å². The van der Waals surface area contributed by atoms with Crippen LogP contribution in [0.15, 0.2) is 114 Å². The van der Waals surface area contributed by atoms with Crippen molar-refractivity contribution >= 4 is 17.5 Å². The molecule has 206 valence electrons. The van der Waals surface area contributed by atoms with Gasteiger partial charge >= 0.3 is 0 Å². The molecule has 2 heterocycles. The Morgan fingerprint density at radius 2 is 1.44 bits per heavy atom.